The summed E-state index contributed by atoms with van der Waals surface area (Å²) in [6.07, 6.45) is 7.99. The zero-order chi connectivity index (χ0) is 13.4. The minimum atomic E-state index is 0.307. The zero-order valence-electron chi connectivity index (χ0n) is 12.9. The third-order valence-electron chi connectivity index (χ3n) is 5.49. The van der Waals surface area contributed by atoms with E-state index in [4.69, 9.17) is 5.73 Å². The standard InChI is InChI=1S/C16H32N2/c1-14(2)6-5-7-16(12-17,9-8-14)18-11-10-15(3,4)13-18/h5-13,17H2,1-4H3. The summed E-state index contributed by atoms with van der Waals surface area (Å²) in [5.41, 5.74) is 7.54. The number of rotatable bonds is 2. The van der Waals surface area contributed by atoms with E-state index in [9.17, 15) is 0 Å². The van der Waals surface area contributed by atoms with Crippen LogP contribution in [0, 0.1) is 10.8 Å². The van der Waals surface area contributed by atoms with Gasteiger partial charge in [-0.1, -0.05) is 34.1 Å². The Morgan fingerprint density at radius 1 is 0.889 bits per heavy atom. The van der Waals surface area contributed by atoms with Crippen molar-refractivity contribution in [2.75, 3.05) is 19.6 Å². The molecule has 1 unspecified atom stereocenters. The summed E-state index contributed by atoms with van der Waals surface area (Å²) in [7, 11) is 0. The van der Waals surface area contributed by atoms with Crippen LogP contribution in [0.25, 0.3) is 0 Å². The summed E-state index contributed by atoms with van der Waals surface area (Å²) in [4.78, 5) is 2.73. The van der Waals surface area contributed by atoms with Crippen LogP contribution in [0.4, 0.5) is 0 Å². The van der Waals surface area contributed by atoms with Gasteiger partial charge in [0.25, 0.3) is 0 Å². The van der Waals surface area contributed by atoms with Crippen molar-refractivity contribution >= 4 is 0 Å². The first kappa shape index (κ1) is 14.3. The Morgan fingerprint density at radius 3 is 2.17 bits per heavy atom. The third-order valence-corrected chi connectivity index (χ3v) is 5.49. The minimum absolute atomic E-state index is 0.307. The zero-order valence-corrected chi connectivity index (χ0v) is 12.9. The van der Waals surface area contributed by atoms with Crippen molar-refractivity contribution in [3.63, 3.8) is 0 Å². The number of nitrogens with two attached hydrogens (primary N) is 1. The largest absolute Gasteiger partial charge is 0.329 e. The van der Waals surface area contributed by atoms with Crippen molar-refractivity contribution in [3.8, 4) is 0 Å². The fourth-order valence-electron chi connectivity index (χ4n) is 3.88. The highest BCUT2D eigenvalue weighted by molar-refractivity contribution is 5.00. The quantitative estimate of drug-likeness (QED) is 0.763. The van der Waals surface area contributed by atoms with Crippen molar-refractivity contribution in [2.45, 2.75) is 71.8 Å². The van der Waals surface area contributed by atoms with Gasteiger partial charge in [0.1, 0.15) is 0 Å². The van der Waals surface area contributed by atoms with Crippen LogP contribution in [0.1, 0.15) is 66.2 Å². The fourth-order valence-corrected chi connectivity index (χ4v) is 3.88. The molecule has 0 amide bonds. The summed E-state index contributed by atoms with van der Waals surface area (Å²) >= 11 is 0. The Labute approximate surface area is 113 Å². The van der Waals surface area contributed by atoms with Gasteiger partial charge in [-0.25, -0.2) is 0 Å². The Bertz CT molecular complexity index is 295. The average molecular weight is 252 g/mol. The molecule has 1 saturated carbocycles. The molecule has 0 spiro atoms. The topological polar surface area (TPSA) is 29.3 Å². The molecule has 18 heavy (non-hydrogen) atoms. The average Bonchev–Trinajstić information content (AvgIpc) is 2.55. The first-order valence-electron chi connectivity index (χ1n) is 7.74. The molecule has 1 saturated heterocycles. The molecule has 0 radical (unpaired) electrons. The van der Waals surface area contributed by atoms with E-state index in [1.54, 1.807) is 0 Å². The SMILES string of the molecule is CC1(C)CCCC(CN)(N2CCC(C)(C)C2)CC1. The van der Waals surface area contributed by atoms with Crippen molar-refractivity contribution in [3.05, 3.63) is 0 Å². The van der Waals surface area contributed by atoms with Crippen LogP contribution in [0.5, 0.6) is 0 Å². The Balaban J connectivity index is 2.11. The van der Waals surface area contributed by atoms with Gasteiger partial charge in [0.15, 0.2) is 0 Å². The number of likely N-dealkylation sites (tertiary alicyclic amines) is 1. The molecular formula is C16H32N2. The normalized spacial score (nSPS) is 36.5. The second-order valence-corrected chi connectivity index (χ2v) is 8.28. The van der Waals surface area contributed by atoms with Gasteiger partial charge >= 0.3 is 0 Å². The summed E-state index contributed by atoms with van der Waals surface area (Å²) in [5, 5.41) is 0. The van der Waals surface area contributed by atoms with E-state index in [1.807, 2.05) is 0 Å². The highest BCUT2D eigenvalue weighted by Crippen LogP contribution is 2.43. The summed E-state index contributed by atoms with van der Waals surface area (Å²) in [5.74, 6) is 0. The van der Waals surface area contributed by atoms with Crippen molar-refractivity contribution in [1.29, 1.82) is 0 Å². The Kier molecular flexibility index (Phi) is 3.81. The molecule has 2 heteroatoms. The molecule has 1 aliphatic carbocycles. The minimum Gasteiger partial charge on any atom is -0.329 e. The molecular weight excluding hydrogens is 220 g/mol. The molecule has 2 fully saturated rings. The van der Waals surface area contributed by atoms with Crippen LogP contribution < -0.4 is 5.73 Å². The van der Waals surface area contributed by atoms with Gasteiger partial charge in [-0.2, -0.15) is 0 Å². The molecule has 0 bridgehead atoms. The van der Waals surface area contributed by atoms with Gasteiger partial charge in [-0.15, -0.1) is 0 Å². The molecule has 1 atom stereocenters. The first-order valence-corrected chi connectivity index (χ1v) is 7.74. The van der Waals surface area contributed by atoms with E-state index >= 15 is 0 Å². The summed E-state index contributed by atoms with van der Waals surface area (Å²) < 4.78 is 0. The lowest BCUT2D eigenvalue weighted by Gasteiger charge is -2.42. The highest BCUT2D eigenvalue weighted by Gasteiger charge is 2.43. The van der Waals surface area contributed by atoms with Crippen LogP contribution in [0.15, 0.2) is 0 Å². The highest BCUT2D eigenvalue weighted by atomic mass is 15.2. The lowest BCUT2D eigenvalue weighted by molar-refractivity contribution is 0.0907. The molecule has 2 N–H and O–H groups in total. The molecule has 1 aliphatic heterocycles. The van der Waals surface area contributed by atoms with E-state index in [0.717, 1.165) is 6.54 Å². The van der Waals surface area contributed by atoms with E-state index in [1.165, 1.54) is 51.6 Å². The fraction of sp³-hybridized carbons (Fsp3) is 1.00. The second-order valence-electron chi connectivity index (χ2n) is 8.28. The van der Waals surface area contributed by atoms with Gasteiger partial charge in [0.2, 0.25) is 0 Å². The van der Waals surface area contributed by atoms with Gasteiger partial charge in [-0.05, 0) is 49.5 Å². The predicted octanol–water partition coefficient (Wildman–Crippen LogP) is 3.41. The van der Waals surface area contributed by atoms with Crippen molar-refractivity contribution in [2.24, 2.45) is 16.6 Å². The van der Waals surface area contributed by atoms with Crippen LogP contribution in [0.2, 0.25) is 0 Å². The van der Waals surface area contributed by atoms with Gasteiger partial charge in [0.05, 0.1) is 0 Å². The van der Waals surface area contributed by atoms with Gasteiger partial charge in [0, 0.05) is 18.6 Å². The maximum absolute atomic E-state index is 6.22. The van der Waals surface area contributed by atoms with E-state index < -0.39 is 0 Å². The molecule has 0 aromatic heterocycles. The molecule has 2 nitrogen and oxygen atoms in total. The van der Waals surface area contributed by atoms with Crippen LogP contribution in [-0.4, -0.2) is 30.1 Å². The molecule has 106 valence electrons. The smallest absolute Gasteiger partial charge is 0.0332 e. The Morgan fingerprint density at radius 2 is 1.61 bits per heavy atom. The third kappa shape index (κ3) is 2.91. The van der Waals surface area contributed by atoms with E-state index in [2.05, 4.69) is 32.6 Å². The van der Waals surface area contributed by atoms with Gasteiger partial charge in [-0.3, -0.25) is 4.90 Å². The molecule has 2 aliphatic rings. The first-order chi connectivity index (χ1) is 8.29. The molecule has 0 aromatic carbocycles. The Hall–Kier alpha value is -0.0800. The number of hydrogen-bond acceptors (Lipinski definition) is 2. The van der Waals surface area contributed by atoms with Crippen molar-refractivity contribution < 1.29 is 0 Å². The number of nitrogens with zero attached hydrogens (tertiary/aromatic N) is 1. The lowest BCUT2D eigenvalue weighted by Crippen LogP contribution is -2.53. The van der Waals surface area contributed by atoms with Gasteiger partial charge < -0.3 is 5.73 Å². The predicted molar refractivity (Wildman–Crippen MR) is 78.6 cm³/mol. The maximum atomic E-state index is 6.22. The van der Waals surface area contributed by atoms with Crippen LogP contribution in [0.3, 0.4) is 0 Å². The van der Waals surface area contributed by atoms with Crippen LogP contribution in [-0.2, 0) is 0 Å². The van der Waals surface area contributed by atoms with E-state index in [-0.39, 0.29) is 0 Å². The second kappa shape index (κ2) is 4.79. The number of hydrogen-bond donors (Lipinski definition) is 1. The monoisotopic (exact) mass is 252 g/mol. The summed E-state index contributed by atoms with van der Waals surface area (Å²) in [6.45, 7) is 13.0. The molecule has 2 rings (SSSR count). The molecule has 0 aromatic rings. The summed E-state index contributed by atoms with van der Waals surface area (Å²) in [6, 6.07) is 0. The van der Waals surface area contributed by atoms with E-state index in [0.29, 0.717) is 16.4 Å². The van der Waals surface area contributed by atoms with Crippen molar-refractivity contribution in [1.82, 2.24) is 4.90 Å². The molecule has 1 heterocycles. The lowest BCUT2D eigenvalue weighted by atomic mass is 9.83. The maximum Gasteiger partial charge on any atom is 0.0332 e. The van der Waals surface area contributed by atoms with Crippen LogP contribution >= 0.6 is 0 Å².